The van der Waals surface area contributed by atoms with Crippen LogP contribution in [0, 0.1) is 13.8 Å². The Labute approximate surface area is 83.7 Å². The van der Waals surface area contributed by atoms with Crippen molar-refractivity contribution in [2.45, 2.75) is 13.8 Å². The fraction of sp³-hybridized carbons (Fsp3) is 0.167. The molecule has 70 valence electrons. The number of pyridine rings is 2. The highest BCUT2D eigenvalue weighted by molar-refractivity contribution is 5.67. The van der Waals surface area contributed by atoms with Crippen LogP contribution in [-0.4, -0.2) is 9.97 Å². The van der Waals surface area contributed by atoms with Crippen molar-refractivity contribution in [2.75, 3.05) is 0 Å². The molecule has 0 aliphatic heterocycles. The van der Waals surface area contributed by atoms with E-state index in [1.165, 1.54) is 5.56 Å². The van der Waals surface area contributed by atoms with Gasteiger partial charge in [0.1, 0.15) is 0 Å². The van der Waals surface area contributed by atoms with Crippen molar-refractivity contribution < 1.29 is 0 Å². The molecule has 0 aliphatic rings. The number of nitrogens with zero attached hydrogens (tertiary/aromatic N) is 2. The van der Waals surface area contributed by atoms with Crippen LogP contribution in [0.2, 0.25) is 0 Å². The number of aryl methyl sites for hydroxylation is 2. The van der Waals surface area contributed by atoms with Gasteiger partial charge in [0, 0.05) is 35.4 Å². The fourth-order valence-corrected chi connectivity index (χ4v) is 1.51. The largest absolute Gasteiger partial charge is 0.264 e. The molecule has 0 bridgehead atoms. The van der Waals surface area contributed by atoms with Gasteiger partial charge in [-0.05, 0) is 31.5 Å². The predicted octanol–water partition coefficient (Wildman–Crippen LogP) is 2.76. The monoisotopic (exact) mass is 184 g/mol. The second-order valence-electron chi connectivity index (χ2n) is 3.33. The van der Waals surface area contributed by atoms with Gasteiger partial charge in [-0.2, -0.15) is 0 Å². The van der Waals surface area contributed by atoms with E-state index < -0.39 is 0 Å². The van der Waals surface area contributed by atoms with Gasteiger partial charge in [-0.25, -0.2) is 0 Å². The van der Waals surface area contributed by atoms with E-state index in [1.807, 2.05) is 37.6 Å². The van der Waals surface area contributed by atoms with Crippen LogP contribution in [0.3, 0.4) is 0 Å². The Bertz CT molecular complexity index is 406. The van der Waals surface area contributed by atoms with Crippen molar-refractivity contribution in [3.8, 4) is 11.1 Å². The predicted molar refractivity (Wildman–Crippen MR) is 56.9 cm³/mol. The molecule has 0 radical (unpaired) electrons. The standard InChI is InChI=1S/C12H12N2/c1-9-5-7-13-8-12(9)11-4-3-6-14-10(11)2/h3-8H,1-2H3. The maximum Gasteiger partial charge on any atom is 0.0451 e. The van der Waals surface area contributed by atoms with E-state index in [-0.39, 0.29) is 0 Å². The molecular formula is C12H12N2. The van der Waals surface area contributed by atoms with Crippen LogP contribution in [0.5, 0.6) is 0 Å². The van der Waals surface area contributed by atoms with Crippen LogP contribution in [0.4, 0.5) is 0 Å². The molecule has 2 aromatic rings. The molecule has 0 saturated carbocycles. The van der Waals surface area contributed by atoms with Gasteiger partial charge < -0.3 is 0 Å². The van der Waals surface area contributed by atoms with Crippen molar-refractivity contribution in [1.29, 1.82) is 0 Å². The Balaban J connectivity index is 2.61. The number of aromatic nitrogens is 2. The normalized spacial score (nSPS) is 10.1. The Morgan fingerprint density at radius 2 is 1.86 bits per heavy atom. The second-order valence-corrected chi connectivity index (χ2v) is 3.33. The molecular weight excluding hydrogens is 172 g/mol. The summed E-state index contributed by atoms with van der Waals surface area (Å²) in [5, 5.41) is 0. The minimum absolute atomic E-state index is 1.05. The molecule has 2 nitrogen and oxygen atoms in total. The van der Waals surface area contributed by atoms with Crippen molar-refractivity contribution in [3.05, 3.63) is 48.0 Å². The lowest BCUT2D eigenvalue weighted by Gasteiger charge is -2.06. The summed E-state index contributed by atoms with van der Waals surface area (Å²) in [5.74, 6) is 0. The lowest BCUT2D eigenvalue weighted by molar-refractivity contribution is 1.19. The Morgan fingerprint density at radius 1 is 1.00 bits per heavy atom. The molecule has 0 aromatic carbocycles. The lowest BCUT2D eigenvalue weighted by atomic mass is 10.0. The van der Waals surface area contributed by atoms with Crippen LogP contribution < -0.4 is 0 Å². The van der Waals surface area contributed by atoms with Crippen LogP contribution in [-0.2, 0) is 0 Å². The molecule has 0 fully saturated rings. The highest BCUT2D eigenvalue weighted by atomic mass is 14.7. The molecule has 0 saturated heterocycles. The molecule has 2 heterocycles. The number of hydrogen-bond acceptors (Lipinski definition) is 2. The molecule has 0 N–H and O–H groups in total. The van der Waals surface area contributed by atoms with E-state index in [0.29, 0.717) is 0 Å². The van der Waals surface area contributed by atoms with E-state index in [4.69, 9.17) is 0 Å². The summed E-state index contributed by atoms with van der Waals surface area (Å²) in [6.07, 6.45) is 5.51. The van der Waals surface area contributed by atoms with Crippen molar-refractivity contribution >= 4 is 0 Å². The molecule has 0 atom stereocenters. The van der Waals surface area contributed by atoms with E-state index >= 15 is 0 Å². The van der Waals surface area contributed by atoms with E-state index in [9.17, 15) is 0 Å². The van der Waals surface area contributed by atoms with E-state index in [1.54, 1.807) is 0 Å². The minimum atomic E-state index is 1.05. The molecule has 0 spiro atoms. The van der Waals surface area contributed by atoms with Crippen molar-refractivity contribution in [3.63, 3.8) is 0 Å². The summed E-state index contributed by atoms with van der Waals surface area (Å²) in [6, 6.07) is 6.04. The van der Waals surface area contributed by atoms with Gasteiger partial charge in [0.2, 0.25) is 0 Å². The third-order valence-electron chi connectivity index (χ3n) is 2.34. The number of hydrogen-bond donors (Lipinski definition) is 0. The maximum atomic E-state index is 4.27. The highest BCUT2D eigenvalue weighted by Crippen LogP contribution is 2.23. The first-order valence-corrected chi connectivity index (χ1v) is 4.61. The molecule has 2 heteroatoms. The molecule has 14 heavy (non-hydrogen) atoms. The summed E-state index contributed by atoms with van der Waals surface area (Å²) < 4.78 is 0. The van der Waals surface area contributed by atoms with E-state index in [2.05, 4.69) is 23.0 Å². The molecule has 0 aliphatic carbocycles. The molecule has 0 unspecified atom stereocenters. The van der Waals surface area contributed by atoms with Crippen LogP contribution >= 0.6 is 0 Å². The Morgan fingerprint density at radius 3 is 2.57 bits per heavy atom. The first-order valence-electron chi connectivity index (χ1n) is 4.61. The quantitative estimate of drug-likeness (QED) is 0.681. The summed E-state index contributed by atoms with van der Waals surface area (Å²) in [6.45, 7) is 4.10. The second kappa shape index (κ2) is 3.58. The maximum absolute atomic E-state index is 4.27. The zero-order valence-corrected chi connectivity index (χ0v) is 8.36. The summed E-state index contributed by atoms with van der Waals surface area (Å²) in [4.78, 5) is 8.40. The smallest absolute Gasteiger partial charge is 0.0451 e. The summed E-state index contributed by atoms with van der Waals surface area (Å²) >= 11 is 0. The van der Waals surface area contributed by atoms with Crippen LogP contribution in [0.1, 0.15) is 11.3 Å². The summed E-state index contributed by atoms with van der Waals surface area (Å²) in [5.41, 5.74) is 4.61. The third kappa shape index (κ3) is 1.51. The minimum Gasteiger partial charge on any atom is -0.264 e. The fourth-order valence-electron chi connectivity index (χ4n) is 1.51. The third-order valence-corrected chi connectivity index (χ3v) is 2.34. The van der Waals surface area contributed by atoms with Crippen LogP contribution in [0.15, 0.2) is 36.8 Å². The van der Waals surface area contributed by atoms with Gasteiger partial charge in [-0.15, -0.1) is 0 Å². The van der Waals surface area contributed by atoms with Crippen molar-refractivity contribution in [2.24, 2.45) is 0 Å². The average molecular weight is 184 g/mol. The average Bonchev–Trinajstić information content (AvgIpc) is 2.20. The van der Waals surface area contributed by atoms with Crippen LogP contribution in [0.25, 0.3) is 11.1 Å². The van der Waals surface area contributed by atoms with Gasteiger partial charge in [0.05, 0.1) is 0 Å². The van der Waals surface area contributed by atoms with Gasteiger partial charge >= 0.3 is 0 Å². The summed E-state index contributed by atoms with van der Waals surface area (Å²) in [7, 11) is 0. The number of rotatable bonds is 1. The Kier molecular flexibility index (Phi) is 2.27. The van der Waals surface area contributed by atoms with Gasteiger partial charge in [-0.3, -0.25) is 9.97 Å². The topological polar surface area (TPSA) is 25.8 Å². The highest BCUT2D eigenvalue weighted by Gasteiger charge is 2.04. The molecule has 2 rings (SSSR count). The SMILES string of the molecule is Cc1ccncc1-c1cccnc1C. The van der Waals surface area contributed by atoms with Gasteiger partial charge in [-0.1, -0.05) is 6.07 Å². The van der Waals surface area contributed by atoms with E-state index in [0.717, 1.165) is 16.8 Å². The molecule has 0 amide bonds. The Hall–Kier alpha value is -1.70. The lowest BCUT2D eigenvalue weighted by Crippen LogP contribution is -1.89. The first kappa shape index (κ1) is 8.88. The first-order chi connectivity index (χ1) is 6.79. The van der Waals surface area contributed by atoms with Gasteiger partial charge in [0.15, 0.2) is 0 Å². The van der Waals surface area contributed by atoms with Crippen molar-refractivity contribution in [1.82, 2.24) is 9.97 Å². The zero-order chi connectivity index (χ0) is 9.97. The molecule has 2 aromatic heterocycles. The zero-order valence-electron chi connectivity index (χ0n) is 8.36. The van der Waals surface area contributed by atoms with Gasteiger partial charge in [0.25, 0.3) is 0 Å².